The zero-order valence-corrected chi connectivity index (χ0v) is 7.07. The lowest BCUT2D eigenvalue weighted by Gasteiger charge is -1.95. The maximum absolute atomic E-state index is 2.12. The highest BCUT2D eigenvalue weighted by atomic mass is 14.9. The van der Waals surface area contributed by atoms with Crippen molar-refractivity contribution in [3.05, 3.63) is 42.6 Å². The molecule has 2 aromatic rings. The molecule has 0 aliphatic carbocycles. The first-order chi connectivity index (χ1) is 5.92. The van der Waals surface area contributed by atoms with Crippen LogP contribution in [-0.4, -0.2) is 4.57 Å². The lowest BCUT2D eigenvalue weighted by Crippen LogP contribution is -1.80. The van der Waals surface area contributed by atoms with E-state index in [0.29, 0.717) is 0 Å². The van der Waals surface area contributed by atoms with Crippen LogP contribution >= 0.6 is 0 Å². The molecule has 0 aliphatic heterocycles. The summed E-state index contributed by atoms with van der Waals surface area (Å²) >= 11 is 0. The second-order valence-electron chi connectivity index (χ2n) is 2.76. The van der Waals surface area contributed by atoms with E-state index < -0.39 is 0 Å². The number of allylic oxidation sites excluding steroid dienone is 1. The molecule has 1 heteroatoms. The summed E-state index contributed by atoms with van der Waals surface area (Å²) in [4.78, 5) is 0. The van der Waals surface area contributed by atoms with Gasteiger partial charge in [0.15, 0.2) is 0 Å². The van der Waals surface area contributed by atoms with Gasteiger partial charge in [-0.1, -0.05) is 24.3 Å². The monoisotopic (exact) mass is 157 g/mol. The molecule has 1 heterocycles. The Morgan fingerprint density at radius 3 is 2.83 bits per heavy atom. The first kappa shape index (κ1) is 7.17. The van der Waals surface area contributed by atoms with Crippen LogP contribution in [0.1, 0.15) is 6.92 Å². The van der Waals surface area contributed by atoms with Gasteiger partial charge in [-0.05, 0) is 24.4 Å². The molecule has 12 heavy (non-hydrogen) atoms. The highest BCUT2D eigenvalue weighted by Gasteiger charge is 1.94. The van der Waals surface area contributed by atoms with E-state index in [-0.39, 0.29) is 0 Å². The molecule has 2 rings (SSSR count). The SMILES string of the molecule is C/C=C/n1ccc2ccccc21. The van der Waals surface area contributed by atoms with Crippen molar-refractivity contribution in [3.63, 3.8) is 0 Å². The Balaban J connectivity index is 2.70. The number of aromatic nitrogens is 1. The Morgan fingerprint density at radius 2 is 2.00 bits per heavy atom. The summed E-state index contributed by atoms with van der Waals surface area (Å²) in [6.07, 6.45) is 6.17. The third-order valence-corrected chi connectivity index (χ3v) is 1.94. The zero-order valence-electron chi connectivity index (χ0n) is 7.07. The van der Waals surface area contributed by atoms with Crippen molar-refractivity contribution in [1.29, 1.82) is 0 Å². The lowest BCUT2D eigenvalue weighted by molar-refractivity contribution is 1.22. The summed E-state index contributed by atoms with van der Waals surface area (Å²) in [6.45, 7) is 2.02. The molecule has 0 fully saturated rings. The first-order valence-corrected chi connectivity index (χ1v) is 4.10. The van der Waals surface area contributed by atoms with Crippen LogP contribution in [0.2, 0.25) is 0 Å². The molecule has 0 radical (unpaired) electrons. The van der Waals surface area contributed by atoms with Gasteiger partial charge in [0.25, 0.3) is 0 Å². The van der Waals surface area contributed by atoms with Gasteiger partial charge < -0.3 is 4.57 Å². The molecule has 60 valence electrons. The quantitative estimate of drug-likeness (QED) is 0.599. The van der Waals surface area contributed by atoms with E-state index in [1.807, 2.05) is 13.0 Å². The fourth-order valence-electron chi connectivity index (χ4n) is 1.40. The average Bonchev–Trinajstić information content (AvgIpc) is 2.50. The normalized spacial score (nSPS) is 11.4. The predicted octanol–water partition coefficient (Wildman–Crippen LogP) is 3.13. The summed E-state index contributed by atoms with van der Waals surface area (Å²) in [6, 6.07) is 10.5. The van der Waals surface area contributed by atoms with Crippen LogP contribution in [0.25, 0.3) is 17.1 Å². The maximum atomic E-state index is 2.12. The van der Waals surface area contributed by atoms with Gasteiger partial charge in [0.05, 0.1) is 5.52 Å². The zero-order chi connectivity index (χ0) is 8.39. The molecule has 0 saturated carbocycles. The number of hydrogen-bond donors (Lipinski definition) is 0. The Bertz CT molecular complexity index is 410. The molecule has 0 spiro atoms. The van der Waals surface area contributed by atoms with Crippen molar-refractivity contribution >= 4 is 17.1 Å². The van der Waals surface area contributed by atoms with Crippen LogP contribution in [0.15, 0.2) is 42.6 Å². The molecule has 1 aromatic carbocycles. The standard InChI is InChI=1S/C11H11N/c1-2-8-12-9-7-10-5-3-4-6-11(10)12/h2-9H,1H3/b8-2+. The molecule has 0 saturated heterocycles. The Morgan fingerprint density at radius 1 is 1.17 bits per heavy atom. The van der Waals surface area contributed by atoms with Crippen molar-refractivity contribution in [3.8, 4) is 0 Å². The number of nitrogens with zero attached hydrogens (tertiary/aromatic N) is 1. The van der Waals surface area contributed by atoms with Gasteiger partial charge in [-0.25, -0.2) is 0 Å². The smallest absolute Gasteiger partial charge is 0.0522 e. The van der Waals surface area contributed by atoms with E-state index in [1.54, 1.807) is 0 Å². The predicted molar refractivity (Wildman–Crippen MR) is 52.9 cm³/mol. The summed E-state index contributed by atoms with van der Waals surface area (Å²) in [5.41, 5.74) is 1.26. The highest BCUT2D eigenvalue weighted by molar-refractivity contribution is 5.81. The molecular formula is C11H11N. The van der Waals surface area contributed by atoms with Gasteiger partial charge >= 0.3 is 0 Å². The summed E-state index contributed by atoms with van der Waals surface area (Å²) < 4.78 is 2.12. The van der Waals surface area contributed by atoms with Crippen molar-refractivity contribution in [1.82, 2.24) is 4.57 Å². The number of benzene rings is 1. The molecule has 1 nitrogen and oxygen atoms in total. The number of para-hydroxylation sites is 1. The van der Waals surface area contributed by atoms with E-state index in [1.165, 1.54) is 10.9 Å². The fourth-order valence-corrected chi connectivity index (χ4v) is 1.40. The summed E-state index contributed by atoms with van der Waals surface area (Å²) in [5.74, 6) is 0. The summed E-state index contributed by atoms with van der Waals surface area (Å²) in [7, 11) is 0. The minimum absolute atomic E-state index is 1.26. The molecule has 1 aromatic heterocycles. The van der Waals surface area contributed by atoms with E-state index >= 15 is 0 Å². The van der Waals surface area contributed by atoms with Gasteiger partial charge in [0.2, 0.25) is 0 Å². The van der Waals surface area contributed by atoms with E-state index in [0.717, 1.165) is 0 Å². The molecule has 0 unspecified atom stereocenters. The number of rotatable bonds is 1. The van der Waals surface area contributed by atoms with Gasteiger partial charge in [0, 0.05) is 12.4 Å². The largest absolute Gasteiger partial charge is 0.324 e. The third kappa shape index (κ3) is 1.03. The Labute approximate surface area is 71.9 Å². The third-order valence-electron chi connectivity index (χ3n) is 1.94. The van der Waals surface area contributed by atoms with Gasteiger partial charge in [-0.2, -0.15) is 0 Å². The van der Waals surface area contributed by atoms with Crippen molar-refractivity contribution in [2.24, 2.45) is 0 Å². The molecular weight excluding hydrogens is 146 g/mol. The lowest BCUT2D eigenvalue weighted by atomic mass is 10.2. The van der Waals surface area contributed by atoms with Crippen LogP contribution in [0, 0.1) is 0 Å². The fraction of sp³-hybridized carbons (Fsp3) is 0.0909. The van der Waals surface area contributed by atoms with Crippen molar-refractivity contribution in [2.45, 2.75) is 6.92 Å². The Hall–Kier alpha value is -1.50. The second-order valence-corrected chi connectivity index (χ2v) is 2.76. The minimum Gasteiger partial charge on any atom is -0.324 e. The second kappa shape index (κ2) is 2.86. The molecule has 0 aliphatic rings. The van der Waals surface area contributed by atoms with Crippen LogP contribution in [-0.2, 0) is 0 Å². The van der Waals surface area contributed by atoms with E-state index in [9.17, 15) is 0 Å². The topological polar surface area (TPSA) is 4.93 Å². The van der Waals surface area contributed by atoms with Crippen molar-refractivity contribution in [2.75, 3.05) is 0 Å². The minimum atomic E-state index is 1.26. The Kier molecular flexibility index (Phi) is 1.71. The van der Waals surface area contributed by atoms with Gasteiger partial charge in [-0.3, -0.25) is 0 Å². The highest BCUT2D eigenvalue weighted by Crippen LogP contribution is 2.14. The van der Waals surface area contributed by atoms with Crippen LogP contribution in [0.4, 0.5) is 0 Å². The summed E-state index contributed by atoms with van der Waals surface area (Å²) in [5, 5.41) is 1.29. The van der Waals surface area contributed by atoms with Gasteiger partial charge in [-0.15, -0.1) is 0 Å². The maximum Gasteiger partial charge on any atom is 0.0522 e. The molecule has 0 bridgehead atoms. The van der Waals surface area contributed by atoms with Crippen LogP contribution < -0.4 is 0 Å². The van der Waals surface area contributed by atoms with E-state index in [4.69, 9.17) is 0 Å². The van der Waals surface area contributed by atoms with Crippen LogP contribution in [0.5, 0.6) is 0 Å². The first-order valence-electron chi connectivity index (χ1n) is 4.10. The number of fused-ring (bicyclic) bond motifs is 1. The molecule has 0 amide bonds. The van der Waals surface area contributed by atoms with Gasteiger partial charge in [0.1, 0.15) is 0 Å². The van der Waals surface area contributed by atoms with E-state index in [2.05, 4.69) is 47.3 Å². The number of hydrogen-bond acceptors (Lipinski definition) is 0. The average molecular weight is 157 g/mol. The molecule has 0 N–H and O–H groups in total. The van der Waals surface area contributed by atoms with Crippen LogP contribution in [0.3, 0.4) is 0 Å². The molecule has 0 atom stereocenters. The van der Waals surface area contributed by atoms with Crippen molar-refractivity contribution < 1.29 is 0 Å².